The van der Waals surface area contributed by atoms with E-state index in [0.717, 1.165) is 12.1 Å². The molecule has 0 saturated carbocycles. The maximum atomic E-state index is 11.6. The van der Waals surface area contributed by atoms with Crippen molar-refractivity contribution in [3.8, 4) is 11.5 Å². The quantitative estimate of drug-likeness (QED) is 0.500. The van der Waals surface area contributed by atoms with Crippen LogP contribution in [-0.2, 0) is 4.79 Å². The number of methoxy groups -OCH3 is 1. The fourth-order valence-corrected chi connectivity index (χ4v) is 1.83. The van der Waals surface area contributed by atoms with Gasteiger partial charge in [-0.05, 0) is 25.5 Å². The SMILES string of the molecule is CCCNC(=O)CNC(=NC)Nc1ccc(OC)c(OCC)c1. The van der Waals surface area contributed by atoms with E-state index >= 15 is 0 Å². The van der Waals surface area contributed by atoms with Crippen molar-refractivity contribution < 1.29 is 14.3 Å². The summed E-state index contributed by atoms with van der Waals surface area (Å²) in [6, 6.07) is 5.49. The minimum Gasteiger partial charge on any atom is -0.493 e. The van der Waals surface area contributed by atoms with Crippen molar-refractivity contribution in [2.24, 2.45) is 4.99 Å². The highest BCUT2D eigenvalue weighted by Gasteiger charge is 2.08. The Morgan fingerprint density at radius 3 is 2.61 bits per heavy atom. The summed E-state index contributed by atoms with van der Waals surface area (Å²) in [5.74, 6) is 1.75. The highest BCUT2D eigenvalue weighted by molar-refractivity contribution is 5.96. The van der Waals surface area contributed by atoms with E-state index in [9.17, 15) is 4.79 Å². The Morgan fingerprint density at radius 1 is 1.22 bits per heavy atom. The molecule has 0 unspecified atom stereocenters. The van der Waals surface area contributed by atoms with Gasteiger partial charge in [-0.25, -0.2) is 0 Å². The van der Waals surface area contributed by atoms with Gasteiger partial charge in [-0.3, -0.25) is 9.79 Å². The lowest BCUT2D eigenvalue weighted by Crippen LogP contribution is -2.40. The Balaban J connectivity index is 2.65. The number of carbonyl (C=O) groups excluding carboxylic acids is 1. The van der Waals surface area contributed by atoms with Gasteiger partial charge in [0.25, 0.3) is 0 Å². The molecule has 0 bridgehead atoms. The zero-order chi connectivity index (χ0) is 17.1. The zero-order valence-electron chi connectivity index (χ0n) is 14.2. The van der Waals surface area contributed by atoms with E-state index < -0.39 is 0 Å². The molecule has 0 atom stereocenters. The first kappa shape index (κ1) is 18.6. The van der Waals surface area contributed by atoms with E-state index in [1.807, 2.05) is 32.0 Å². The minimum absolute atomic E-state index is 0.0699. The van der Waals surface area contributed by atoms with E-state index in [-0.39, 0.29) is 12.5 Å². The number of amides is 1. The molecule has 0 fully saturated rings. The predicted octanol–water partition coefficient (Wildman–Crippen LogP) is 1.61. The molecule has 0 aromatic heterocycles. The standard InChI is InChI=1S/C16H26N4O3/c1-5-9-18-15(21)11-19-16(17-3)20-12-7-8-13(22-4)14(10-12)23-6-2/h7-8,10H,5-6,9,11H2,1-4H3,(H,18,21)(H2,17,19,20). The van der Waals surface area contributed by atoms with Crippen molar-refractivity contribution in [1.29, 1.82) is 0 Å². The molecule has 128 valence electrons. The molecule has 1 aromatic rings. The van der Waals surface area contributed by atoms with Crippen LogP contribution in [0.1, 0.15) is 20.3 Å². The molecule has 7 heteroatoms. The van der Waals surface area contributed by atoms with Crippen LogP contribution in [0.2, 0.25) is 0 Å². The van der Waals surface area contributed by atoms with Gasteiger partial charge in [0.05, 0.1) is 20.3 Å². The van der Waals surface area contributed by atoms with E-state index in [1.165, 1.54) is 0 Å². The highest BCUT2D eigenvalue weighted by Crippen LogP contribution is 2.30. The first-order chi connectivity index (χ1) is 11.1. The van der Waals surface area contributed by atoms with Gasteiger partial charge in [0, 0.05) is 25.3 Å². The largest absolute Gasteiger partial charge is 0.493 e. The van der Waals surface area contributed by atoms with Crippen LogP contribution in [0.25, 0.3) is 0 Å². The van der Waals surface area contributed by atoms with Gasteiger partial charge in [0.15, 0.2) is 17.5 Å². The Labute approximate surface area is 137 Å². The van der Waals surface area contributed by atoms with Crippen molar-refractivity contribution in [2.45, 2.75) is 20.3 Å². The molecule has 0 heterocycles. The number of anilines is 1. The number of carbonyl (C=O) groups is 1. The molecule has 0 radical (unpaired) electrons. The number of hydrogen-bond acceptors (Lipinski definition) is 4. The number of hydrogen-bond donors (Lipinski definition) is 3. The fraction of sp³-hybridized carbons (Fsp3) is 0.500. The molecular weight excluding hydrogens is 296 g/mol. The number of nitrogens with one attached hydrogen (secondary N) is 3. The maximum Gasteiger partial charge on any atom is 0.239 e. The first-order valence-electron chi connectivity index (χ1n) is 7.69. The third kappa shape index (κ3) is 6.46. The van der Waals surface area contributed by atoms with Crippen LogP contribution in [0.5, 0.6) is 11.5 Å². The number of benzene rings is 1. The summed E-state index contributed by atoms with van der Waals surface area (Å²) in [5, 5.41) is 8.87. The molecule has 0 saturated heterocycles. The van der Waals surface area contributed by atoms with Gasteiger partial charge < -0.3 is 25.4 Å². The van der Waals surface area contributed by atoms with Gasteiger partial charge in [0.1, 0.15) is 0 Å². The van der Waals surface area contributed by atoms with Crippen LogP contribution in [0.4, 0.5) is 5.69 Å². The van der Waals surface area contributed by atoms with Crippen LogP contribution in [0, 0.1) is 0 Å². The lowest BCUT2D eigenvalue weighted by Gasteiger charge is -2.14. The van der Waals surface area contributed by atoms with Crippen LogP contribution in [0.15, 0.2) is 23.2 Å². The van der Waals surface area contributed by atoms with E-state index in [2.05, 4.69) is 20.9 Å². The average molecular weight is 322 g/mol. The fourth-order valence-electron chi connectivity index (χ4n) is 1.83. The summed E-state index contributed by atoms with van der Waals surface area (Å²) in [7, 11) is 3.24. The second-order valence-electron chi connectivity index (χ2n) is 4.70. The Morgan fingerprint density at radius 2 is 2.00 bits per heavy atom. The molecule has 0 aliphatic rings. The number of nitrogens with zero attached hydrogens (tertiary/aromatic N) is 1. The predicted molar refractivity (Wildman–Crippen MR) is 92.4 cm³/mol. The van der Waals surface area contributed by atoms with E-state index in [0.29, 0.717) is 30.6 Å². The summed E-state index contributed by atoms with van der Waals surface area (Å²) in [6.07, 6.45) is 0.908. The van der Waals surface area contributed by atoms with Crippen LogP contribution in [0.3, 0.4) is 0 Å². The smallest absolute Gasteiger partial charge is 0.239 e. The van der Waals surface area contributed by atoms with Crippen molar-refractivity contribution in [2.75, 3.05) is 39.2 Å². The average Bonchev–Trinajstić information content (AvgIpc) is 2.57. The molecule has 1 aromatic carbocycles. The van der Waals surface area contributed by atoms with Crippen LogP contribution in [-0.4, -0.2) is 45.7 Å². The van der Waals surface area contributed by atoms with Gasteiger partial charge in [-0.15, -0.1) is 0 Å². The third-order valence-corrected chi connectivity index (χ3v) is 2.94. The first-order valence-corrected chi connectivity index (χ1v) is 7.69. The Hall–Kier alpha value is -2.44. The molecule has 1 rings (SSSR count). The Kier molecular flexibility index (Phi) is 8.34. The van der Waals surface area contributed by atoms with Gasteiger partial charge in [0.2, 0.25) is 5.91 Å². The third-order valence-electron chi connectivity index (χ3n) is 2.94. The lowest BCUT2D eigenvalue weighted by atomic mass is 10.2. The van der Waals surface area contributed by atoms with Gasteiger partial charge in [-0.2, -0.15) is 0 Å². The topological polar surface area (TPSA) is 84.0 Å². The summed E-state index contributed by atoms with van der Waals surface area (Å²) in [4.78, 5) is 15.7. The summed E-state index contributed by atoms with van der Waals surface area (Å²) in [6.45, 7) is 5.30. The molecule has 0 aliphatic carbocycles. The highest BCUT2D eigenvalue weighted by atomic mass is 16.5. The van der Waals surface area contributed by atoms with E-state index in [4.69, 9.17) is 9.47 Å². The number of guanidine groups is 1. The number of rotatable bonds is 8. The number of aliphatic imine (C=N–C) groups is 1. The molecule has 3 N–H and O–H groups in total. The summed E-state index contributed by atoms with van der Waals surface area (Å²) < 4.78 is 10.8. The van der Waals surface area contributed by atoms with Crippen LogP contribution < -0.4 is 25.4 Å². The molecule has 7 nitrogen and oxygen atoms in total. The van der Waals surface area contributed by atoms with Gasteiger partial charge in [-0.1, -0.05) is 6.92 Å². The molecule has 0 aliphatic heterocycles. The Bertz CT molecular complexity index is 532. The second-order valence-corrected chi connectivity index (χ2v) is 4.70. The molecule has 1 amide bonds. The monoisotopic (exact) mass is 322 g/mol. The van der Waals surface area contributed by atoms with Crippen molar-refractivity contribution in [3.05, 3.63) is 18.2 Å². The summed E-state index contributed by atoms with van der Waals surface area (Å²) in [5.41, 5.74) is 0.788. The van der Waals surface area contributed by atoms with E-state index in [1.54, 1.807) is 14.2 Å². The van der Waals surface area contributed by atoms with Crippen molar-refractivity contribution >= 4 is 17.6 Å². The molecule has 23 heavy (non-hydrogen) atoms. The minimum atomic E-state index is -0.0699. The van der Waals surface area contributed by atoms with Crippen molar-refractivity contribution in [3.63, 3.8) is 0 Å². The zero-order valence-corrected chi connectivity index (χ0v) is 14.2. The lowest BCUT2D eigenvalue weighted by molar-refractivity contribution is -0.119. The molecular formula is C16H26N4O3. The summed E-state index contributed by atoms with van der Waals surface area (Å²) >= 11 is 0. The van der Waals surface area contributed by atoms with Crippen LogP contribution >= 0.6 is 0 Å². The number of ether oxygens (including phenoxy) is 2. The van der Waals surface area contributed by atoms with Gasteiger partial charge >= 0.3 is 0 Å². The maximum absolute atomic E-state index is 11.6. The molecule has 0 spiro atoms. The van der Waals surface area contributed by atoms with Crippen molar-refractivity contribution in [1.82, 2.24) is 10.6 Å². The second kappa shape index (κ2) is 10.3. The normalized spacial score (nSPS) is 10.9.